The van der Waals surface area contributed by atoms with Crippen molar-refractivity contribution >= 4 is 0 Å². The van der Waals surface area contributed by atoms with Gasteiger partial charge in [0, 0.05) is 13.1 Å². The maximum atomic E-state index is 9.70. The van der Waals surface area contributed by atoms with Crippen molar-refractivity contribution in [2.75, 3.05) is 19.8 Å². The lowest BCUT2D eigenvalue weighted by atomic mass is 10.1. The van der Waals surface area contributed by atoms with E-state index in [2.05, 4.69) is 17.0 Å². The normalized spacial score (nSPS) is 24.2. The largest absolute Gasteiger partial charge is 0.392 e. The van der Waals surface area contributed by atoms with Crippen LogP contribution in [0.4, 0.5) is 0 Å². The smallest absolute Gasteiger partial charge is 0.0689 e. The zero-order valence-corrected chi connectivity index (χ0v) is 9.67. The van der Waals surface area contributed by atoms with Crippen LogP contribution in [0.2, 0.25) is 0 Å². The third-order valence-corrected chi connectivity index (χ3v) is 3.07. The second kappa shape index (κ2) is 5.43. The molecule has 1 aliphatic heterocycles. The Labute approximate surface area is 96.6 Å². The molecule has 2 unspecified atom stereocenters. The predicted octanol–water partition coefficient (Wildman–Crippen LogP) is 1.27. The van der Waals surface area contributed by atoms with Gasteiger partial charge in [-0.3, -0.25) is 4.90 Å². The van der Waals surface area contributed by atoms with Crippen LogP contribution in [0, 0.1) is 0 Å². The number of ether oxygens (including phenoxy) is 1. The molecule has 0 spiro atoms. The van der Waals surface area contributed by atoms with Crippen LogP contribution in [-0.4, -0.2) is 41.9 Å². The summed E-state index contributed by atoms with van der Waals surface area (Å²) in [6.45, 7) is 5.00. The molecular formula is C13H19NO2. The van der Waals surface area contributed by atoms with Crippen molar-refractivity contribution in [1.82, 2.24) is 4.90 Å². The Balaban J connectivity index is 2.01. The molecule has 0 bridgehead atoms. The van der Waals surface area contributed by atoms with Crippen molar-refractivity contribution in [2.24, 2.45) is 0 Å². The molecule has 1 N–H and O–H groups in total. The van der Waals surface area contributed by atoms with E-state index in [0.29, 0.717) is 6.61 Å². The summed E-state index contributed by atoms with van der Waals surface area (Å²) in [5, 5.41) is 9.70. The highest BCUT2D eigenvalue weighted by molar-refractivity contribution is 5.14. The fourth-order valence-electron chi connectivity index (χ4n) is 2.12. The van der Waals surface area contributed by atoms with Gasteiger partial charge in [-0.25, -0.2) is 0 Å². The Morgan fingerprint density at radius 2 is 2.19 bits per heavy atom. The van der Waals surface area contributed by atoms with Gasteiger partial charge in [0.15, 0.2) is 0 Å². The van der Waals surface area contributed by atoms with E-state index in [1.54, 1.807) is 0 Å². The van der Waals surface area contributed by atoms with Gasteiger partial charge in [0.2, 0.25) is 0 Å². The number of aliphatic hydroxyl groups is 1. The van der Waals surface area contributed by atoms with Crippen LogP contribution in [0.3, 0.4) is 0 Å². The van der Waals surface area contributed by atoms with Gasteiger partial charge in [-0.05, 0) is 12.5 Å². The molecule has 2 atom stereocenters. The first kappa shape index (κ1) is 11.6. The molecule has 2 rings (SSSR count). The summed E-state index contributed by atoms with van der Waals surface area (Å²) >= 11 is 0. The van der Waals surface area contributed by atoms with Crippen molar-refractivity contribution in [1.29, 1.82) is 0 Å². The Bertz CT molecular complexity index is 313. The van der Waals surface area contributed by atoms with Gasteiger partial charge >= 0.3 is 0 Å². The summed E-state index contributed by atoms with van der Waals surface area (Å²) in [6, 6.07) is 10.5. The van der Waals surface area contributed by atoms with Crippen molar-refractivity contribution in [3.63, 3.8) is 0 Å². The highest BCUT2D eigenvalue weighted by atomic mass is 16.5. The number of hydrogen-bond donors (Lipinski definition) is 1. The topological polar surface area (TPSA) is 32.7 Å². The summed E-state index contributed by atoms with van der Waals surface area (Å²) in [6.07, 6.45) is -0.344. The molecule has 1 aromatic carbocycles. The minimum atomic E-state index is -0.344. The average molecular weight is 221 g/mol. The highest BCUT2D eigenvalue weighted by Gasteiger charge is 2.26. The molecule has 3 nitrogen and oxygen atoms in total. The highest BCUT2D eigenvalue weighted by Crippen LogP contribution is 2.14. The van der Waals surface area contributed by atoms with Gasteiger partial charge in [0.05, 0.1) is 25.4 Å². The zero-order valence-electron chi connectivity index (χ0n) is 9.67. The summed E-state index contributed by atoms with van der Waals surface area (Å²) in [5.74, 6) is 0. The van der Waals surface area contributed by atoms with Crippen LogP contribution >= 0.6 is 0 Å². The summed E-state index contributed by atoms with van der Waals surface area (Å²) in [5.41, 5.74) is 1.29. The molecule has 1 heterocycles. The molecule has 0 saturated carbocycles. The van der Waals surface area contributed by atoms with Crippen LogP contribution in [0.15, 0.2) is 30.3 Å². The van der Waals surface area contributed by atoms with Crippen molar-refractivity contribution in [2.45, 2.75) is 25.6 Å². The molecule has 0 aromatic heterocycles. The van der Waals surface area contributed by atoms with E-state index in [1.165, 1.54) is 5.56 Å². The standard InChI is InChI=1S/C13H19NO2/c1-11(15)13-10-16-8-7-14(13)9-12-5-3-2-4-6-12/h2-6,11,13,15H,7-10H2,1H3. The van der Waals surface area contributed by atoms with Crippen molar-refractivity contribution in [3.8, 4) is 0 Å². The van der Waals surface area contributed by atoms with E-state index in [9.17, 15) is 5.11 Å². The van der Waals surface area contributed by atoms with E-state index >= 15 is 0 Å². The summed E-state index contributed by atoms with van der Waals surface area (Å²) < 4.78 is 5.41. The SMILES string of the molecule is CC(O)C1COCCN1Cc1ccccc1. The molecule has 0 radical (unpaired) electrons. The van der Waals surface area contributed by atoms with Crippen LogP contribution in [0.25, 0.3) is 0 Å². The summed E-state index contributed by atoms with van der Waals surface area (Å²) in [4.78, 5) is 2.30. The monoisotopic (exact) mass is 221 g/mol. The fourth-order valence-corrected chi connectivity index (χ4v) is 2.12. The number of morpholine rings is 1. The Morgan fingerprint density at radius 1 is 1.44 bits per heavy atom. The van der Waals surface area contributed by atoms with E-state index in [4.69, 9.17) is 4.74 Å². The van der Waals surface area contributed by atoms with E-state index < -0.39 is 0 Å². The number of rotatable bonds is 3. The first-order valence-corrected chi connectivity index (χ1v) is 5.81. The zero-order chi connectivity index (χ0) is 11.4. The van der Waals surface area contributed by atoms with Crippen LogP contribution < -0.4 is 0 Å². The molecule has 1 aliphatic rings. The number of aliphatic hydroxyl groups excluding tert-OH is 1. The molecule has 0 amide bonds. The Kier molecular flexibility index (Phi) is 3.93. The third-order valence-electron chi connectivity index (χ3n) is 3.07. The lowest BCUT2D eigenvalue weighted by Gasteiger charge is -2.37. The number of hydrogen-bond acceptors (Lipinski definition) is 3. The van der Waals surface area contributed by atoms with Crippen molar-refractivity contribution in [3.05, 3.63) is 35.9 Å². The van der Waals surface area contributed by atoms with Gasteiger partial charge in [-0.1, -0.05) is 30.3 Å². The van der Waals surface area contributed by atoms with Crippen LogP contribution in [0.5, 0.6) is 0 Å². The van der Waals surface area contributed by atoms with E-state index in [1.807, 2.05) is 25.1 Å². The third kappa shape index (κ3) is 2.82. The van der Waals surface area contributed by atoms with Gasteiger partial charge in [-0.2, -0.15) is 0 Å². The lowest BCUT2D eigenvalue weighted by molar-refractivity contribution is -0.0567. The number of benzene rings is 1. The van der Waals surface area contributed by atoms with Gasteiger partial charge in [0.1, 0.15) is 0 Å². The number of nitrogens with zero attached hydrogens (tertiary/aromatic N) is 1. The Morgan fingerprint density at radius 3 is 2.88 bits per heavy atom. The molecule has 0 aliphatic carbocycles. The lowest BCUT2D eigenvalue weighted by Crippen LogP contribution is -2.50. The molecule has 88 valence electrons. The fraction of sp³-hybridized carbons (Fsp3) is 0.538. The van der Waals surface area contributed by atoms with Crippen LogP contribution in [0.1, 0.15) is 12.5 Å². The average Bonchev–Trinajstić information content (AvgIpc) is 2.31. The molecule has 1 fully saturated rings. The first-order valence-electron chi connectivity index (χ1n) is 5.81. The minimum Gasteiger partial charge on any atom is -0.392 e. The van der Waals surface area contributed by atoms with E-state index in [-0.39, 0.29) is 12.1 Å². The van der Waals surface area contributed by atoms with Gasteiger partial charge in [0.25, 0.3) is 0 Å². The van der Waals surface area contributed by atoms with E-state index in [0.717, 1.165) is 19.7 Å². The maximum absolute atomic E-state index is 9.70. The van der Waals surface area contributed by atoms with Crippen LogP contribution in [-0.2, 0) is 11.3 Å². The minimum absolute atomic E-state index is 0.119. The quantitative estimate of drug-likeness (QED) is 0.834. The molecule has 1 saturated heterocycles. The second-order valence-electron chi connectivity index (χ2n) is 4.34. The second-order valence-corrected chi connectivity index (χ2v) is 4.34. The van der Waals surface area contributed by atoms with Crippen molar-refractivity contribution < 1.29 is 9.84 Å². The maximum Gasteiger partial charge on any atom is 0.0689 e. The first-order chi connectivity index (χ1) is 7.77. The molecular weight excluding hydrogens is 202 g/mol. The summed E-state index contributed by atoms with van der Waals surface area (Å²) in [7, 11) is 0. The molecule has 1 aromatic rings. The van der Waals surface area contributed by atoms with Gasteiger partial charge in [-0.15, -0.1) is 0 Å². The molecule has 16 heavy (non-hydrogen) atoms. The molecule has 3 heteroatoms. The predicted molar refractivity (Wildman–Crippen MR) is 63.1 cm³/mol. The van der Waals surface area contributed by atoms with Gasteiger partial charge < -0.3 is 9.84 Å². The Hall–Kier alpha value is -0.900.